The normalized spacial score (nSPS) is 10.1. The molecule has 2 aromatic carbocycles. The summed E-state index contributed by atoms with van der Waals surface area (Å²) in [6, 6.07) is 11.8. The molecule has 2 amide bonds. The van der Waals surface area contributed by atoms with E-state index in [0.717, 1.165) is 0 Å². The van der Waals surface area contributed by atoms with Crippen LogP contribution in [-0.4, -0.2) is 24.6 Å². The second-order valence-corrected chi connectivity index (χ2v) is 5.10. The summed E-state index contributed by atoms with van der Waals surface area (Å²) in [5, 5.41) is 5.13. The number of amides is 2. The molecule has 0 saturated heterocycles. The van der Waals surface area contributed by atoms with Crippen molar-refractivity contribution in [2.75, 3.05) is 12.4 Å². The molecule has 2 aromatic rings. The molecule has 0 aromatic heterocycles. The summed E-state index contributed by atoms with van der Waals surface area (Å²) < 4.78 is 12.8. The lowest BCUT2D eigenvalue weighted by Crippen LogP contribution is -2.21. The third-order valence-electron chi connectivity index (χ3n) is 3.42. The highest BCUT2D eigenvalue weighted by atomic mass is 19.1. The topological polar surface area (TPSA) is 75.3 Å². The lowest BCUT2D eigenvalue weighted by molar-refractivity contribution is -0.116. The number of ketones is 1. The van der Waals surface area contributed by atoms with Crippen LogP contribution in [0.2, 0.25) is 0 Å². The molecule has 0 atom stereocenters. The van der Waals surface area contributed by atoms with Gasteiger partial charge in [-0.15, -0.1) is 0 Å². The van der Waals surface area contributed by atoms with Gasteiger partial charge in [0.2, 0.25) is 5.91 Å². The molecule has 6 heteroatoms. The summed E-state index contributed by atoms with van der Waals surface area (Å²) >= 11 is 0. The molecule has 0 aliphatic heterocycles. The Balaban J connectivity index is 1.95. The van der Waals surface area contributed by atoms with E-state index in [1.165, 1.54) is 31.3 Å². The molecule has 0 unspecified atom stereocenters. The molecule has 124 valence electrons. The van der Waals surface area contributed by atoms with E-state index in [0.29, 0.717) is 16.8 Å². The van der Waals surface area contributed by atoms with E-state index in [1.807, 2.05) is 0 Å². The number of carbonyl (C=O) groups is 3. The van der Waals surface area contributed by atoms with Crippen LogP contribution in [0.3, 0.4) is 0 Å². The van der Waals surface area contributed by atoms with Crippen molar-refractivity contribution in [1.82, 2.24) is 5.32 Å². The molecule has 0 aliphatic carbocycles. The Hall–Kier alpha value is -3.02. The van der Waals surface area contributed by atoms with Gasteiger partial charge >= 0.3 is 0 Å². The molecule has 0 bridgehead atoms. The number of anilines is 1. The van der Waals surface area contributed by atoms with E-state index in [9.17, 15) is 18.8 Å². The first-order valence-corrected chi connectivity index (χ1v) is 7.41. The van der Waals surface area contributed by atoms with Gasteiger partial charge in [0.1, 0.15) is 5.82 Å². The van der Waals surface area contributed by atoms with Gasteiger partial charge in [0.15, 0.2) is 5.78 Å². The smallest absolute Gasteiger partial charge is 0.253 e. The SMILES string of the molecule is CNC(=O)c1ccccc1NC(=O)CCC(=O)c1ccc(F)cc1. The van der Waals surface area contributed by atoms with E-state index < -0.39 is 5.82 Å². The van der Waals surface area contributed by atoms with E-state index >= 15 is 0 Å². The zero-order valence-corrected chi connectivity index (χ0v) is 13.1. The first-order chi connectivity index (χ1) is 11.5. The minimum absolute atomic E-state index is 0.000390. The molecular formula is C18H17FN2O3. The summed E-state index contributed by atoms with van der Waals surface area (Å²) in [6.45, 7) is 0. The van der Waals surface area contributed by atoms with Crippen molar-refractivity contribution in [3.63, 3.8) is 0 Å². The van der Waals surface area contributed by atoms with Crippen LogP contribution in [0.15, 0.2) is 48.5 Å². The van der Waals surface area contributed by atoms with Gasteiger partial charge in [0, 0.05) is 25.5 Å². The van der Waals surface area contributed by atoms with Gasteiger partial charge in [-0.1, -0.05) is 12.1 Å². The molecular weight excluding hydrogens is 311 g/mol. The van der Waals surface area contributed by atoms with Crippen molar-refractivity contribution in [3.8, 4) is 0 Å². The molecule has 2 N–H and O–H groups in total. The molecule has 2 rings (SSSR count). The fourth-order valence-electron chi connectivity index (χ4n) is 2.14. The number of para-hydroxylation sites is 1. The maximum Gasteiger partial charge on any atom is 0.253 e. The number of hydrogen-bond donors (Lipinski definition) is 2. The average Bonchev–Trinajstić information content (AvgIpc) is 2.60. The van der Waals surface area contributed by atoms with Crippen molar-refractivity contribution in [2.45, 2.75) is 12.8 Å². The Bertz CT molecular complexity index is 757. The zero-order valence-electron chi connectivity index (χ0n) is 13.1. The standard InChI is InChI=1S/C18H17FN2O3/c1-20-18(24)14-4-2-3-5-15(14)21-17(23)11-10-16(22)12-6-8-13(19)9-7-12/h2-9H,10-11H2,1H3,(H,20,24)(H,21,23). The van der Waals surface area contributed by atoms with E-state index in [-0.39, 0.29) is 30.4 Å². The number of nitrogens with one attached hydrogen (secondary N) is 2. The van der Waals surface area contributed by atoms with Gasteiger partial charge in [-0.05, 0) is 36.4 Å². The van der Waals surface area contributed by atoms with Crippen molar-refractivity contribution in [1.29, 1.82) is 0 Å². The van der Waals surface area contributed by atoms with E-state index in [2.05, 4.69) is 10.6 Å². The largest absolute Gasteiger partial charge is 0.355 e. The first-order valence-electron chi connectivity index (χ1n) is 7.41. The number of rotatable bonds is 6. The molecule has 0 heterocycles. The van der Waals surface area contributed by atoms with Gasteiger partial charge in [-0.2, -0.15) is 0 Å². The number of carbonyl (C=O) groups excluding carboxylic acids is 3. The Kier molecular flexibility index (Phi) is 5.78. The summed E-state index contributed by atoms with van der Waals surface area (Å²) in [6.07, 6.45) is -0.0299. The maximum absolute atomic E-state index is 12.8. The Labute approximate surface area is 138 Å². The number of halogens is 1. The Morgan fingerprint density at radius 2 is 1.62 bits per heavy atom. The average molecular weight is 328 g/mol. The predicted octanol–water partition coefficient (Wildman–Crippen LogP) is 2.79. The minimum Gasteiger partial charge on any atom is -0.355 e. The van der Waals surface area contributed by atoms with Crippen LogP contribution in [0.25, 0.3) is 0 Å². The van der Waals surface area contributed by atoms with Crippen molar-refractivity contribution >= 4 is 23.3 Å². The monoisotopic (exact) mass is 328 g/mol. The second kappa shape index (κ2) is 8.01. The third-order valence-corrected chi connectivity index (χ3v) is 3.42. The van der Waals surface area contributed by atoms with Crippen LogP contribution in [0.4, 0.5) is 10.1 Å². The summed E-state index contributed by atoms with van der Waals surface area (Å²) in [7, 11) is 1.50. The lowest BCUT2D eigenvalue weighted by atomic mass is 10.1. The van der Waals surface area contributed by atoms with Gasteiger partial charge in [0.05, 0.1) is 11.3 Å². The van der Waals surface area contributed by atoms with Crippen LogP contribution in [0.5, 0.6) is 0 Å². The van der Waals surface area contributed by atoms with Gasteiger partial charge < -0.3 is 10.6 Å². The molecule has 0 fully saturated rings. The fraction of sp³-hybridized carbons (Fsp3) is 0.167. The summed E-state index contributed by atoms with van der Waals surface area (Å²) in [5.74, 6) is -1.35. The highest BCUT2D eigenvalue weighted by Crippen LogP contribution is 2.16. The van der Waals surface area contributed by atoms with Crippen LogP contribution < -0.4 is 10.6 Å². The third kappa shape index (κ3) is 4.49. The Morgan fingerprint density at radius 3 is 2.29 bits per heavy atom. The highest BCUT2D eigenvalue weighted by molar-refractivity contribution is 6.04. The molecule has 0 spiro atoms. The lowest BCUT2D eigenvalue weighted by Gasteiger charge is -2.10. The van der Waals surface area contributed by atoms with E-state index in [4.69, 9.17) is 0 Å². The van der Waals surface area contributed by atoms with Gasteiger partial charge in [-0.3, -0.25) is 14.4 Å². The predicted molar refractivity (Wildman–Crippen MR) is 88.4 cm³/mol. The zero-order chi connectivity index (χ0) is 17.5. The van der Waals surface area contributed by atoms with Gasteiger partial charge in [0.25, 0.3) is 5.91 Å². The highest BCUT2D eigenvalue weighted by Gasteiger charge is 2.13. The molecule has 0 saturated carbocycles. The van der Waals surface area contributed by atoms with Crippen LogP contribution in [0.1, 0.15) is 33.6 Å². The van der Waals surface area contributed by atoms with Crippen molar-refractivity contribution < 1.29 is 18.8 Å². The Morgan fingerprint density at radius 1 is 0.958 bits per heavy atom. The van der Waals surface area contributed by atoms with Gasteiger partial charge in [-0.25, -0.2) is 4.39 Å². The molecule has 24 heavy (non-hydrogen) atoms. The summed E-state index contributed by atoms with van der Waals surface area (Å²) in [4.78, 5) is 35.7. The summed E-state index contributed by atoms with van der Waals surface area (Å²) in [5.41, 5.74) is 1.09. The van der Waals surface area contributed by atoms with Crippen LogP contribution >= 0.6 is 0 Å². The van der Waals surface area contributed by atoms with Crippen molar-refractivity contribution in [2.24, 2.45) is 0 Å². The molecule has 0 aliphatic rings. The fourth-order valence-corrected chi connectivity index (χ4v) is 2.14. The van der Waals surface area contributed by atoms with E-state index in [1.54, 1.807) is 24.3 Å². The number of benzene rings is 2. The first kappa shape index (κ1) is 17.3. The van der Waals surface area contributed by atoms with Crippen molar-refractivity contribution in [3.05, 3.63) is 65.5 Å². The minimum atomic E-state index is -0.421. The van der Waals surface area contributed by atoms with Crippen LogP contribution in [0, 0.1) is 5.82 Å². The quantitative estimate of drug-likeness (QED) is 0.801. The molecule has 5 nitrogen and oxygen atoms in total. The van der Waals surface area contributed by atoms with Crippen LogP contribution in [-0.2, 0) is 4.79 Å². The number of Topliss-reactive ketones (excluding diaryl/α,β-unsaturated/α-hetero) is 1. The maximum atomic E-state index is 12.8. The second-order valence-electron chi connectivity index (χ2n) is 5.10. The number of hydrogen-bond acceptors (Lipinski definition) is 3. The molecule has 0 radical (unpaired) electrons.